The fourth-order valence-corrected chi connectivity index (χ4v) is 1.76. The van der Waals surface area contributed by atoms with Gasteiger partial charge in [-0.05, 0) is 31.9 Å². The summed E-state index contributed by atoms with van der Waals surface area (Å²) in [5, 5.41) is 11.1. The maximum atomic E-state index is 13.3. The van der Waals surface area contributed by atoms with Crippen molar-refractivity contribution >= 4 is 11.9 Å². The molecular weight excluding hydrogens is 296 g/mol. The van der Waals surface area contributed by atoms with Gasteiger partial charge in [0.1, 0.15) is 12.4 Å². The molecule has 0 aliphatic heterocycles. The summed E-state index contributed by atoms with van der Waals surface area (Å²) < 4.78 is 31.2. The molecule has 0 radical (unpaired) electrons. The summed E-state index contributed by atoms with van der Waals surface area (Å²) in [6.45, 7) is 1.74. The van der Waals surface area contributed by atoms with E-state index >= 15 is 0 Å². The smallest absolute Gasteiger partial charge is 0.303 e. The Morgan fingerprint density at radius 1 is 1.27 bits per heavy atom. The number of nitrogens with one attached hydrogen (secondary N) is 1. The van der Waals surface area contributed by atoms with E-state index in [2.05, 4.69) is 5.32 Å². The van der Waals surface area contributed by atoms with Crippen LogP contribution >= 0.6 is 0 Å². The molecule has 7 heteroatoms. The topological polar surface area (TPSA) is 75.6 Å². The summed E-state index contributed by atoms with van der Waals surface area (Å²) >= 11 is 0. The Morgan fingerprint density at radius 2 is 1.95 bits per heavy atom. The highest BCUT2D eigenvalue weighted by Gasteiger charge is 2.10. The number of carbonyl (C=O) groups is 2. The van der Waals surface area contributed by atoms with Gasteiger partial charge in [0.2, 0.25) is 5.91 Å². The van der Waals surface area contributed by atoms with Gasteiger partial charge in [-0.1, -0.05) is 0 Å². The number of hydrogen-bond acceptors (Lipinski definition) is 3. The predicted octanol–water partition coefficient (Wildman–Crippen LogP) is 2.49. The minimum atomic E-state index is -0.886. The maximum absolute atomic E-state index is 13.3. The number of hydrogen-bond donors (Lipinski definition) is 2. The Labute approximate surface area is 127 Å². The largest absolute Gasteiger partial charge is 0.488 e. The van der Waals surface area contributed by atoms with Crippen LogP contribution < -0.4 is 10.1 Å². The first kappa shape index (κ1) is 17.9. The summed E-state index contributed by atoms with van der Waals surface area (Å²) in [5.41, 5.74) is 0. The number of carboxylic acid groups (broad SMARTS) is 1. The molecule has 0 heterocycles. The van der Waals surface area contributed by atoms with Crippen molar-refractivity contribution in [3.8, 4) is 5.75 Å². The lowest BCUT2D eigenvalue weighted by molar-refractivity contribution is -0.137. The van der Waals surface area contributed by atoms with Gasteiger partial charge in [-0.3, -0.25) is 9.59 Å². The molecule has 122 valence electrons. The van der Waals surface area contributed by atoms with Crippen LogP contribution in [0, 0.1) is 11.6 Å². The maximum Gasteiger partial charge on any atom is 0.303 e. The summed E-state index contributed by atoms with van der Waals surface area (Å²) in [4.78, 5) is 21.9. The van der Waals surface area contributed by atoms with Crippen LogP contribution in [0.4, 0.5) is 8.78 Å². The molecule has 0 saturated carbocycles. The molecule has 1 aromatic carbocycles. The fourth-order valence-electron chi connectivity index (χ4n) is 1.76. The van der Waals surface area contributed by atoms with Crippen molar-refractivity contribution in [2.45, 2.75) is 38.6 Å². The molecule has 0 aromatic heterocycles. The van der Waals surface area contributed by atoms with Crippen LogP contribution in [0.1, 0.15) is 32.6 Å². The second kappa shape index (κ2) is 8.96. The van der Waals surface area contributed by atoms with Crippen molar-refractivity contribution in [3.05, 3.63) is 29.8 Å². The van der Waals surface area contributed by atoms with Gasteiger partial charge in [-0.15, -0.1) is 0 Å². The first-order chi connectivity index (χ1) is 10.4. The highest BCUT2D eigenvalue weighted by atomic mass is 19.1. The van der Waals surface area contributed by atoms with E-state index in [1.54, 1.807) is 6.92 Å². The van der Waals surface area contributed by atoms with Gasteiger partial charge in [-0.2, -0.15) is 0 Å². The van der Waals surface area contributed by atoms with Crippen LogP contribution in [-0.4, -0.2) is 29.6 Å². The highest BCUT2D eigenvalue weighted by Crippen LogP contribution is 2.17. The van der Waals surface area contributed by atoms with Gasteiger partial charge in [-0.25, -0.2) is 8.78 Å². The number of unbranched alkanes of at least 4 members (excludes halogenated alkanes) is 1. The third-order valence-electron chi connectivity index (χ3n) is 2.83. The Bertz CT molecular complexity index is 522. The standard InChI is InChI=1S/C15H19F2NO4/c1-10(18-14(19)4-2-3-5-15(20)21)9-22-13-7-6-11(16)8-12(13)17/h6-8,10H,2-5,9H2,1H3,(H,18,19)(H,20,21). The molecule has 2 N–H and O–H groups in total. The zero-order valence-corrected chi connectivity index (χ0v) is 12.3. The van der Waals surface area contributed by atoms with Crippen LogP contribution in [0.15, 0.2) is 18.2 Å². The molecule has 0 spiro atoms. The molecule has 1 atom stereocenters. The molecule has 5 nitrogen and oxygen atoms in total. The number of rotatable bonds is 9. The van der Waals surface area contributed by atoms with Crippen molar-refractivity contribution < 1.29 is 28.2 Å². The zero-order chi connectivity index (χ0) is 16.5. The van der Waals surface area contributed by atoms with E-state index in [1.807, 2.05) is 0 Å². The molecule has 22 heavy (non-hydrogen) atoms. The lowest BCUT2D eigenvalue weighted by atomic mass is 10.2. The third-order valence-corrected chi connectivity index (χ3v) is 2.83. The van der Waals surface area contributed by atoms with Crippen molar-refractivity contribution in [1.29, 1.82) is 0 Å². The number of aliphatic carboxylic acids is 1. The third kappa shape index (κ3) is 7.01. The van der Waals surface area contributed by atoms with Crippen LogP contribution in [0.25, 0.3) is 0 Å². The molecule has 1 rings (SSSR count). The molecule has 0 bridgehead atoms. The Kier molecular flexibility index (Phi) is 7.28. The quantitative estimate of drug-likeness (QED) is 0.687. The van der Waals surface area contributed by atoms with Gasteiger partial charge in [0.15, 0.2) is 11.6 Å². The second-order valence-electron chi connectivity index (χ2n) is 4.96. The van der Waals surface area contributed by atoms with E-state index in [9.17, 15) is 18.4 Å². The number of carboxylic acids is 1. The number of carbonyl (C=O) groups excluding carboxylic acids is 1. The molecule has 0 saturated heterocycles. The van der Waals surface area contributed by atoms with Gasteiger partial charge in [0, 0.05) is 18.9 Å². The van der Waals surface area contributed by atoms with Crippen LogP contribution in [0.5, 0.6) is 5.75 Å². The molecular formula is C15H19F2NO4. The molecule has 0 aliphatic carbocycles. The second-order valence-corrected chi connectivity index (χ2v) is 4.96. The van der Waals surface area contributed by atoms with Crippen LogP contribution in [-0.2, 0) is 9.59 Å². The number of halogens is 2. The van der Waals surface area contributed by atoms with Crippen molar-refractivity contribution in [2.75, 3.05) is 6.61 Å². The van der Waals surface area contributed by atoms with Gasteiger partial charge in [0.05, 0.1) is 6.04 Å². The normalized spacial score (nSPS) is 11.8. The minimum Gasteiger partial charge on any atom is -0.488 e. The molecule has 1 unspecified atom stereocenters. The van der Waals surface area contributed by atoms with E-state index in [0.717, 1.165) is 12.1 Å². The molecule has 1 aromatic rings. The number of amides is 1. The average Bonchev–Trinajstić information content (AvgIpc) is 2.42. The van der Waals surface area contributed by atoms with Crippen molar-refractivity contribution in [1.82, 2.24) is 5.32 Å². The predicted molar refractivity (Wildman–Crippen MR) is 75.6 cm³/mol. The van der Waals surface area contributed by atoms with Crippen molar-refractivity contribution in [3.63, 3.8) is 0 Å². The molecule has 0 aliphatic rings. The summed E-state index contributed by atoms with van der Waals surface area (Å²) in [6, 6.07) is 2.65. The Morgan fingerprint density at radius 3 is 2.59 bits per heavy atom. The number of ether oxygens (including phenoxy) is 1. The summed E-state index contributed by atoms with van der Waals surface area (Å²) in [6.07, 6.45) is 1.19. The SMILES string of the molecule is CC(COc1ccc(F)cc1F)NC(=O)CCCCC(=O)O. The van der Waals surface area contributed by atoms with Crippen LogP contribution in [0.3, 0.4) is 0 Å². The zero-order valence-electron chi connectivity index (χ0n) is 12.3. The lowest BCUT2D eigenvalue weighted by Gasteiger charge is -2.15. The van der Waals surface area contributed by atoms with E-state index in [-0.39, 0.29) is 37.1 Å². The summed E-state index contributed by atoms with van der Waals surface area (Å²) in [7, 11) is 0. The molecule has 0 fully saturated rings. The van der Waals surface area contributed by atoms with Gasteiger partial charge in [0.25, 0.3) is 0 Å². The van der Waals surface area contributed by atoms with E-state index < -0.39 is 17.6 Å². The van der Waals surface area contributed by atoms with Gasteiger partial charge < -0.3 is 15.2 Å². The first-order valence-electron chi connectivity index (χ1n) is 6.97. The Hall–Kier alpha value is -2.18. The average molecular weight is 315 g/mol. The highest BCUT2D eigenvalue weighted by molar-refractivity contribution is 5.76. The van der Waals surface area contributed by atoms with E-state index in [4.69, 9.17) is 9.84 Å². The first-order valence-corrected chi connectivity index (χ1v) is 6.97. The molecule has 1 amide bonds. The summed E-state index contributed by atoms with van der Waals surface area (Å²) in [5.74, 6) is -2.67. The van der Waals surface area contributed by atoms with E-state index in [1.165, 1.54) is 6.07 Å². The number of benzene rings is 1. The van der Waals surface area contributed by atoms with Crippen molar-refractivity contribution in [2.24, 2.45) is 0 Å². The lowest BCUT2D eigenvalue weighted by Crippen LogP contribution is -2.36. The van der Waals surface area contributed by atoms with E-state index in [0.29, 0.717) is 12.8 Å². The monoisotopic (exact) mass is 315 g/mol. The fraction of sp³-hybridized carbons (Fsp3) is 0.467. The minimum absolute atomic E-state index is 0.0375. The van der Waals surface area contributed by atoms with Gasteiger partial charge >= 0.3 is 5.97 Å². The van der Waals surface area contributed by atoms with Crippen LogP contribution in [0.2, 0.25) is 0 Å². The Balaban J connectivity index is 2.26.